The summed E-state index contributed by atoms with van der Waals surface area (Å²) >= 11 is 16.8. The van der Waals surface area contributed by atoms with Crippen LogP contribution in [0.1, 0.15) is 11.7 Å². The molecular weight excluding hydrogens is 308 g/mol. The van der Waals surface area contributed by atoms with Gasteiger partial charge in [-0.3, -0.25) is 10.1 Å². The van der Waals surface area contributed by atoms with Crippen molar-refractivity contribution in [3.05, 3.63) is 39.9 Å². The van der Waals surface area contributed by atoms with Gasteiger partial charge in [-0.05, 0) is 17.7 Å². The van der Waals surface area contributed by atoms with Gasteiger partial charge in [0.1, 0.15) is 0 Å². The molecule has 1 rings (SSSR count). The summed E-state index contributed by atoms with van der Waals surface area (Å²) in [5.41, 5.74) is 0.0279. The second-order valence-electron chi connectivity index (χ2n) is 3.15. The number of hydrogen-bond donors (Lipinski definition) is 1. The monoisotopic (exact) mass is 313 g/mol. The number of carboxylic acid groups (broad SMARTS) is 1. The number of benzene rings is 1. The predicted octanol–water partition coefficient (Wildman–Crippen LogP) is 3.70. The van der Waals surface area contributed by atoms with Crippen LogP contribution >= 0.6 is 34.8 Å². The summed E-state index contributed by atoms with van der Waals surface area (Å²) in [6.07, 6.45) is -2.99. The summed E-state index contributed by atoms with van der Waals surface area (Å²) in [6.45, 7) is 0. The predicted molar refractivity (Wildman–Crippen MR) is 65.2 cm³/mol. The van der Waals surface area contributed by atoms with E-state index in [-0.39, 0.29) is 11.3 Å². The molecule has 0 saturated heterocycles. The molecule has 1 unspecified atom stereocenters. The molecule has 6 nitrogen and oxygen atoms in total. The zero-order valence-electron chi connectivity index (χ0n) is 8.55. The Labute approximate surface area is 116 Å². The van der Waals surface area contributed by atoms with E-state index in [9.17, 15) is 14.9 Å². The van der Waals surface area contributed by atoms with Crippen LogP contribution in [-0.2, 0) is 4.74 Å². The van der Waals surface area contributed by atoms with Gasteiger partial charge in [-0.2, -0.15) is 0 Å². The van der Waals surface area contributed by atoms with E-state index in [1.54, 1.807) is 0 Å². The van der Waals surface area contributed by atoms with E-state index >= 15 is 0 Å². The van der Waals surface area contributed by atoms with E-state index in [0.29, 0.717) is 0 Å². The summed E-state index contributed by atoms with van der Waals surface area (Å²) in [4.78, 5) is 20.4. The lowest BCUT2D eigenvalue weighted by Gasteiger charge is -2.23. The maximum absolute atomic E-state index is 10.5. The molecule has 18 heavy (non-hydrogen) atoms. The number of ether oxygens (including phenoxy) is 1. The zero-order valence-corrected chi connectivity index (χ0v) is 10.8. The number of hydrogen-bond acceptors (Lipinski definition) is 4. The van der Waals surface area contributed by atoms with Gasteiger partial charge in [0.2, 0.25) is 3.79 Å². The minimum absolute atomic E-state index is 0.169. The average Bonchev–Trinajstić information content (AvgIpc) is 2.24. The summed E-state index contributed by atoms with van der Waals surface area (Å²) < 4.78 is 2.43. The Balaban J connectivity index is 3.06. The average molecular weight is 315 g/mol. The summed E-state index contributed by atoms with van der Waals surface area (Å²) in [6, 6.07) is 4.83. The largest absolute Gasteiger partial charge is 0.506 e. The van der Waals surface area contributed by atoms with Crippen molar-refractivity contribution in [3.63, 3.8) is 0 Å². The number of rotatable bonds is 3. The number of carbonyl (C=O) groups is 1. The summed E-state index contributed by atoms with van der Waals surface area (Å²) in [7, 11) is 0. The van der Waals surface area contributed by atoms with Crippen molar-refractivity contribution in [2.45, 2.75) is 9.90 Å². The van der Waals surface area contributed by atoms with E-state index in [2.05, 4.69) is 4.74 Å². The highest BCUT2D eigenvalue weighted by molar-refractivity contribution is 6.68. The third-order valence-corrected chi connectivity index (χ3v) is 2.52. The van der Waals surface area contributed by atoms with E-state index in [4.69, 9.17) is 39.9 Å². The number of nitrogens with zero attached hydrogens (tertiary/aromatic N) is 1. The van der Waals surface area contributed by atoms with Crippen molar-refractivity contribution in [3.8, 4) is 0 Å². The Morgan fingerprint density at radius 2 is 1.83 bits per heavy atom. The SMILES string of the molecule is O=C(O)OC(c1ccc([N+](=O)[O-])cc1)C(Cl)(Cl)Cl. The molecule has 0 aliphatic carbocycles. The van der Waals surface area contributed by atoms with Gasteiger partial charge in [0, 0.05) is 12.1 Å². The number of nitro groups is 1. The molecule has 0 spiro atoms. The molecule has 9 heteroatoms. The number of halogens is 3. The highest BCUT2D eigenvalue weighted by Gasteiger charge is 2.37. The topological polar surface area (TPSA) is 89.7 Å². The molecule has 0 radical (unpaired) electrons. The Kier molecular flexibility index (Phi) is 4.61. The number of non-ortho nitro benzene ring substituents is 1. The van der Waals surface area contributed by atoms with Crippen molar-refractivity contribution < 1.29 is 19.6 Å². The van der Waals surface area contributed by atoms with Crippen LogP contribution in [0.25, 0.3) is 0 Å². The lowest BCUT2D eigenvalue weighted by Crippen LogP contribution is -2.22. The van der Waals surface area contributed by atoms with Crippen molar-refractivity contribution in [1.29, 1.82) is 0 Å². The first-order valence-electron chi connectivity index (χ1n) is 4.42. The fourth-order valence-electron chi connectivity index (χ4n) is 1.20. The van der Waals surface area contributed by atoms with Crippen molar-refractivity contribution in [1.82, 2.24) is 0 Å². The standard InChI is InChI=1S/C9H6Cl3NO5/c10-9(11,12)7(18-8(14)15)5-1-3-6(4-2-5)13(16)17/h1-4,7H,(H,14,15). The fourth-order valence-corrected chi connectivity index (χ4v) is 1.71. The molecule has 0 bridgehead atoms. The molecule has 98 valence electrons. The maximum Gasteiger partial charge on any atom is 0.506 e. The van der Waals surface area contributed by atoms with Gasteiger partial charge in [0.25, 0.3) is 5.69 Å². The molecule has 0 fully saturated rings. The normalized spacial score (nSPS) is 12.8. The van der Waals surface area contributed by atoms with Crippen molar-refractivity contribution in [2.75, 3.05) is 0 Å². The number of nitro benzene ring substituents is 1. The van der Waals surface area contributed by atoms with Crippen LogP contribution in [0.4, 0.5) is 10.5 Å². The molecule has 0 aromatic heterocycles. The van der Waals surface area contributed by atoms with Gasteiger partial charge in [-0.15, -0.1) is 0 Å². The van der Waals surface area contributed by atoms with Gasteiger partial charge >= 0.3 is 6.16 Å². The Morgan fingerprint density at radius 3 is 2.17 bits per heavy atom. The van der Waals surface area contributed by atoms with E-state index in [0.717, 1.165) is 12.1 Å². The van der Waals surface area contributed by atoms with Crippen LogP contribution in [0.5, 0.6) is 0 Å². The fraction of sp³-hybridized carbons (Fsp3) is 0.222. The highest BCUT2D eigenvalue weighted by Crippen LogP contribution is 2.42. The molecule has 0 aliphatic rings. The van der Waals surface area contributed by atoms with Gasteiger partial charge < -0.3 is 9.84 Å². The lowest BCUT2D eigenvalue weighted by molar-refractivity contribution is -0.384. The van der Waals surface area contributed by atoms with Gasteiger partial charge in [-0.1, -0.05) is 34.8 Å². The molecule has 1 atom stereocenters. The van der Waals surface area contributed by atoms with Crippen LogP contribution in [0.2, 0.25) is 0 Å². The van der Waals surface area contributed by atoms with Gasteiger partial charge in [0.15, 0.2) is 6.10 Å². The third kappa shape index (κ3) is 3.90. The van der Waals surface area contributed by atoms with Crippen LogP contribution in [0.3, 0.4) is 0 Å². The van der Waals surface area contributed by atoms with E-state index in [1.165, 1.54) is 12.1 Å². The summed E-state index contributed by atoms with van der Waals surface area (Å²) in [5.74, 6) is 0. The highest BCUT2D eigenvalue weighted by atomic mass is 35.6. The number of alkyl halides is 3. The molecule has 1 aromatic carbocycles. The first kappa shape index (κ1) is 14.8. The van der Waals surface area contributed by atoms with Gasteiger partial charge in [0.05, 0.1) is 4.92 Å². The third-order valence-electron chi connectivity index (χ3n) is 1.92. The van der Waals surface area contributed by atoms with Crippen molar-refractivity contribution in [2.24, 2.45) is 0 Å². The Hall–Kier alpha value is -1.24. The Morgan fingerprint density at radius 1 is 1.33 bits per heavy atom. The molecule has 1 aromatic rings. The van der Waals surface area contributed by atoms with Crippen LogP contribution in [-0.4, -0.2) is 20.0 Å². The van der Waals surface area contributed by atoms with Crippen LogP contribution in [0, 0.1) is 10.1 Å². The second-order valence-corrected chi connectivity index (χ2v) is 5.52. The molecular formula is C9H6Cl3NO5. The quantitative estimate of drug-likeness (QED) is 0.397. The summed E-state index contributed by atoms with van der Waals surface area (Å²) in [5, 5.41) is 19.0. The Bertz CT molecular complexity index is 456. The maximum atomic E-state index is 10.5. The minimum Gasteiger partial charge on any atom is -0.450 e. The first-order valence-corrected chi connectivity index (χ1v) is 5.56. The molecule has 0 saturated carbocycles. The second kappa shape index (κ2) is 5.60. The van der Waals surface area contributed by atoms with Gasteiger partial charge in [-0.25, -0.2) is 4.79 Å². The molecule has 0 heterocycles. The lowest BCUT2D eigenvalue weighted by atomic mass is 10.1. The van der Waals surface area contributed by atoms with Crippen LogP contribution in [0.15, 0.2) is 24.3 Å². The van der Waals surface area contributed by atoms with Crippen LogP contribution < -0.4 is 0 Å². The minimum atomic E-state index is -2.02. The molecule has 0 amide bonds. The molecule has 1 N–H and O–H groups in total. The smallest absolute Gasteiger partial charge is 0.450 e. The zero-order chi connectivity index (χ0) is 13.9. The van der Waals surface area contributed by atoms with E-state index in [1.807, 2.05) is 0 Å². The van der Waals surface area contributed by atoms with E-state index < -0.39 is 21.0 Å². The molecule has 0 aliphatic heterocycles. The van der Waals surface area contributed by atoms with Crippen molar-refractivity contribution >= 4 is 46.6 Å². The first-order chi connectivity index (χ1) is 8.21.